The van der Waals surface area contributed by atoms with Crippen molar-refractivity contribution in [3.63, 3.8) is 0 Å². The van der Waals surface area contributed by atoms with E-state index >= 15 is 0 Å². The van der Waals surface area contributed by atoms with E-state index in [-0.39, 0.29) is 5.97 Å². The molecule has 0 radical (unpaired) electrons. The molecule has 0 fully saturated rings. The van der Waals surface area contributed by atoms with Crippen LogP contribution in [0.3, 0.4) is 0 Å². The number of carbonyl (C=O) groups is 1. The van der Waals surface area contributed by atoms with Gasteiger partial charge in [-0.1, -0.05) is 55.5 Å². The molecule has 0 amide bonds. The van der Waals surface area contributed by atoms with Gasteiger partial charge in [-0.2, -0.15) is 0 Å². The Morgan fingerprint density at radius 2 is 1.62 bits per heavy atom. The monoisotopic (exact) mass is 284 g/mol. The highest BCUT2D eigenvalue weighted by atomic mass is 16.5. The first-order chi connectivity index (χ1) is 10.2. The molecule has 0 aliphatic rings. The van der Waals surface area contributed by atoms with E-state index in [0.29, 0.717) is 18.4 Å². The zero-order valence-electron chi connectivity index (χ0n) is 12.1. The van der Waals surface area contributed by atoms with Gasteiger partial charge in [0.25, 0.3) is 0 Å². The summed E-state index contributed by atoms with van der Waals surface area (Å²) in [6.07, 6.45) is 0.110. The SMILES string of the molecule is CC[C@@H](O)C[C@H](OC(=O)c1ccccc1)c1ccccc1. The molecule has 21 heavy (non-hydrogen) atoms. The van der Waals surface area contributed by atoms with E-state index in [1.807, 2.05) is 43.3 Å². The number of esters is 1. The fraction of sp³-hybridized carbons (Fsp3) is 0.278. The van der Waals surface area contributed by atoms with Crippen molar-refractivity contribution in [2.75, 3.05) is 0 Å². The maximum absolute atomic E-state index is 12.2. The largest absolute Gasteiger partial charge is 0.454 e. The summed E-state index contributed by atoms with van der Waals surface area (Å²) in [4.78, 5) is 12.2. The molecule has 2 atom stereocenters. The van der Waals surface area contributed by atoms with E-state index in [0.717, 1.165) is 5.56 Å². The Morgan fingerprint density at radius 3 is 2.19 bits per heavy atom. The van der Waals surface area contributed by atoms with Crippen LogP contribution in [-0.4, -0.2) is 17.2 Å². The third-order valence-electron chi connectivity index (χ3n) is 3.39. The molecule has 3 heteroatoms. The van der Waals surface area contributed by atoms with Gasteiger partial charge in [0.05, 0.1) is 11.7 Å². The molecule has 2 rings (SSSR count). The molecule has 110 valence electrons. The second-order valence-corrected chi connectivity index (χ2v) is 4.97. The van der Waals surface area contributed by atoms with Gasteiger partial charge in [-0.15, -0.1) is 0 Å². The van der Waals surface area contributed by atoms with E-state index in [4.69, 9.17) is 4.74 Å². The number of rotatable bonds is 6. The lowest BCUT2D eigenvalue weighted by Crippen LogP contribution is -2.17. The first kappa shape index (κ1) is 15.3. The zero-order valence-corrected chi connectivity index (χ0v) is 12.1. The van der Waals surface area contributed by atoms with Gasteiger partial charge in [0.15, 0.2) is 0 Å². The minimum absolute atomic E-state index is 0.368. The molecule has 0 unspecified atom stereocenters. The Morgan fingerprint density at radius 1 is 1.05 bits per heavy atom. The van der Waals surface area contributed by atoms with Crippen LogP contribution in [0.2, 0.25) is 0 Å². The Kier molecular flexibility index (Phi) is 5.52. The van der Waals surface area contributed by atoms with E-state index in [1.165, 1.54) is 0 Å². The summed E-state index contributed by atoms with van der Waals surface area (Å²) in [5.74, 6) is -0.368. The van der Waals surface area contributed by atoms with Gasteiger partial charge < -0.3 is 9.84 Å². The lowest BCUT2D eigenvalue weighted by molar-refractivity contribution is 0.0135. The quantitative estimate of drug-likeness (QED) is 0.822. The minimum atomic E-state index is -0.487. The average molecular weight is 284 g/mol. The molecule has 0 aliphatic heterocycles. The summed E-state index contributed by atoms with van der Waals surface area (Å²) in [5, 5.41) is 9.88. The minimum Gasteiger partial charge on any atom is -0.454 e. The zero-order chi connectivity index (χ0) is 15.1. The third kappa shape index (κ3) is 4.43. The number of aliphatic hydroxyl groups excluding tert-OH is 1. The van der Waals surface area contributed by atoms with Crippen LogP contribution in [0.1, 0.15) is 41.8 Å². The van der Waals surface area contributed by atoms with Gasteiger partial charge in [0, 0.05) is 6.42 Å². The van der Waals surface area contributed by atoms with E-state index in [2.05, 4.69) is 0 Å². The Labute approximate surface area is 125 Å². The van der Waals surface area contributed by atoms with E-state index in [1.54, 1.807) is 24.3 Å². The van der Waals surface area contributed by atoms with Crippen LogP contribution in [0.5, 0.6) is 0 Å². The van der Waals surface area contributed by atoms with Crippen molar-refractivity contribution < 1.29 is 14.6 Å². The Hall–Kier alpha value is -2.13. The van der Waals surface area contributed by atoms with Crippen molar-refractivity contribution >= 4 is 5.97 Å². The number of hydrogen-bond acceptors (Lipinski definition) is 3. The highest BCUT2D eigenvalue weighted by Crippen LogP contribution is 2.25. The second kappa shape index (κ2) is 7.60. The van der Waals surface area contributed by atoms with Crippen molar-refractivity contribution in [3.8, 4) is 0 Å². The molecule has 0 saturated heterocycles. The summed E-state index contributed by atoms with van der Waals surface area (Å²) in [6, 6.07) is 18.4. The molecule has 0 bridgehead atoms. The van der Waals surface area contributed by atoms with Gasteiger partial charge >= 0.3 is 5.97 Å². The molecule has 2 aromatic carbocycles. The average Bonchev–Trinajstić information content (AvgIpc) is 2.55. The number of aliphatic hydroxyl groups is 1. The van der Waals surface area contributed by atoms with Crippen LogP contribution < -0.4 is 0 Å². The molecule has 2 aromatic rings. The molecule has 0 spiro atoms. The lowest BCUT2D eigenvalue weighted by atomic mass is 10.0. The van der Waals surface area contributed by atoms with Crippen molar-refractivity contribution in [2.45, 2.75) is 32.0 Å². The second-order valence-electron chi connectivity index (χ2n) is 4.97. The topological polar surface area (TPSA) is 46.5 Å². The molecule has 1 N–H and O–H groups in total. The van der Waals surface area contributed by atoms with Crippen LogP contribution in [0.25, 0.3) is 0 Å². The first-order valence-corrected chi connectivity index (χ1v) is 7.19. The van der Waals surface area contributed by atoms with Crippen LogP contribution in [0, 0.1) is 0 Å². The number of carbonyl (C=O) groups excluding carboxylic acids is 1. The van der Waals surface area contributed by atoms with Gasteiger partial charge in [0.1, 0.15) is 6.10 Å². The summed E-state index contributed by atoms with van der Waals surface area (Å²) in [7, 11) is 0. The molecular formula is C18H20O3. The smallest absolute Gasteiger partial charge is 0.338 e. The lowest BCUT2D eigenvalue weighted by Gasteiger charge is -2.20. The summed E-state index contributed by atoms with van der Waals surface area (Å²) in [6.45, 7) is 1.91. The van der Waals surface area contributed by atoms with Gasteiger partial charge in [-0.05, 0) is 24.1 Å². The molecular weight excluding hydrogens is 264 g/mol. The fourth-order valence-corrected chi connectivity index (χ4v) is 2.11. The fourth-order valence-electron chi connectivity index (χ4n) is 2.11. The normalized spacial score (nSPS) is 13.4. The molecule has 0 heterocycles. The molecule has 0 saturated carbocycles. The maximum atomic E-state index is 12.2. The molecule has 0 aliphatic carbocycles. The third-order valence-corrected chi connectivity index (χ3v) is 3.39. The molecule has 0 aromatic heterocycles. The van der Waals surface area contributed by atoms with Crippen molar-refractivity contribution in [1.82, 2.24) is 0 Å². The van der Waals surface area contributed by atoms with Crippen LogP contribution in [-0.2, 0) is 4.74 Å². The van der Waals surface area contributed by atoms with Crippen LogP contribution in [0.4, 0.5) is 0 Å². The van der Waals surface area contributed by atoms with Crippen molar-refractivity contribution in [2.24, 2.45) is 0 Å². The summed E-state index contributed by atoms with van der Waals surface area (Å²) < 4.78 is 5.60. The molecule has 3 nitrogen and oxygen atoms in total. The summed E-state index contributed by atoms with van der Waals surface area (Å²) in [5.41, 5.74) is 1.42. The van der Waals surface area contributed by atoms with Gasteiger partial charge in [0.2, 0.25) is 0 Å². The van der Waals surface area contributed by atoms with Gasteiger partial charge in [-0.25, -0.2) is 4.79 Å². The van der Waals surface area contributed by atoms with Crippen molar-refractivity contribution in [1.29, 1.82) is 0 Å². The van der Waals surface area contributed by atoms with Gasteiger partial charge in [-0.3, -0.25) is 0 Å². The number of hydrogen-bond donors (Lipinski definition) is 1. The predicted octanol–water partition coefficient (Wildman–Crippen LogP) is 3.75. The first-order valence-electron chi connectivity index (χ1n) is 7.19. The van der Waals surface area contributed by atoms with Crippen molar-refractivity contribution in [3.05, 3.63) is 71.8 Å². The van der Waals surface area contributed by atoms with Crippen LogP contribution in [0.15, 0.2) is 60.7 Å². The standard InChI is InChI=1S/C18H20O3/c1-2-16(19)13-17(14-9-5-3-6-10-14)21-18(20)15-11-7-4-8-12-15/h3-12,16-17,19H,2,13H2,1H3/t16-,17+/m1/s1. The Balaban J connectivity index is 2.14. The summed E-state index contributed by atoms with van der Waals surface area (Å²) >= 11 is 0. The predicted molar refractivity (Wildman–Crippen MR) is 82.0 cm³/mol. The Bertz CT molecular complexity index is 551. The maximum Gasteiger partial charge on any atom is 0.338 e. The number of benzene rings is 2. The highest BCUT2D eigenvalue weighted by Gasteiger charge is 2.20. The van der Waals surface area contributed by atoms with E-state index < -0.39 is 12.2 Å². The number of ether oxygens (including phenoxy) is 1. The highest BCUT2D eigenvalue weighted by molar-refractivity contribution is 5.89. The van der Waals surface area contributed by atoms with E-state index in [9.17, 15) is 9.90 Å². The van der Waals surface area contributed by atoms with Crippen LogP contribution >= 0.6 is 0 Å².